The van der Waals surface area contributed by atoms with E-state index in [1.807, 2.05) is 67.6 Å². The first kappa shape index (κ1) is 21.0. The lowest BCUT2D eigenvalue weighted by Crippen LogP contribution is -2.46. The van der Waals surface area contributed by atoms with Crippen LogP contribution in [-0.2, 0) is 0 Å². The van der Waals surface area contributed by atoms with E-state index in [9.17, 15) is 8.78 Å². The number of halogens is 2. The minimum Gasteiger partial charge on any atom is -0.351 e. The number of anilines is 1. The first-order chi connectivity index (χ1) is 16.0. The summed E-state index contributed by atoms with van der Waals surface area (Å²) in [6.07, 6.45) is 0. The number of nitrogens with one attached hydrogen (secondary N) is 1. The maximum Gasteiger partial charge on any atom is 0.258 e. The number of thiocarbonyl (C=S) groups is 1. The van der Waals surface area contributed by atoms with Gasteiger partial charge in [0.25, 0.3) is 5.89 Å². The third-order valence-electron chi connectivity index (χ3n) is 5.47. The summed E-state index contributed by atoms with van der Waals surface area (Å²) in [4.78, 5) is 6.27. The average molecular weight is 461 g/mol. The maximum atomic E-state index is 14.0. The molecule has 4 aromatic rings. The highest BCUT2D eigenvalue weighted by atomic mass is 32.1. The van der Waals surface area contributed by atoms with E-state index in [1.165, 1.54) is 6.07 Å². The lowest BCUT2D eigenvalue weighted by molar-refractivity contribution is 0.404. The molecular formula is C25H18F2N4OS. The van der Waals surface area contributed by atoms with Crippen LogP contribution in [0.5, 0.6) is 0 Å². The van der Waals surface area contributed by atoms with Crippen molar-refractivity contribution in [3.8, 4) is 11.4 Å². The molecule has 3 aromatic carbocycles. The molecule has 0 aliphatic carbocycles. The SMILES string of the molecule is CC1=C(c2nc(-c3ccccc3)no2)C(c2ccccc2)NC(=S)N1c1ccc(F)c(F)c1. The summed E-state index contributed by atoms with van der Waals surface area (Å²) in [6.45, 7) is 1.84. The standard InChI is InChI=1S/C25H18F2N4OS/c1-15-21(24-29-23(30-32-24)17-10-6-3-7-11-17)22(16-8-4-2-5-9-16)28-25(33)31(15)18-12-13-19(26)20(27)14-18/h2-14,22H,1H3,(H,28,33). The molecule has 5 nitrogen and oxygen atoms in total. The topological polar surface area (TPSA) is 54.2 Å². The lowest BCUT2D eigenvalue weighted by Gasteiger charge is -2.37. The Hall–Kier alpha value is -3.91. The van der Waals surface area contributed by atoms with E-state index in [0.717, 1.165) is 23.3 Å². The van der Waals surface area contributed by atoms with Crippen LogP contribution >= 0.6 is 12.2 Å². The minimum atomic E-state index is -0.959. The van der Waals surface area contributed by atoms with Crippen LogP contribution in [0.25, 0.3) is 17.0 Å². The van der Waals surface area contributed by atoms with Gasteiger partial charge in [0.2, 0.25) is 5.82 Å². The Morgan fingerprint density at radius 2 is 1.64 bits per heavy atom. The normalized spacial score (nSPS) is 16.2. The van der Waals surface area contributed by atoms with E-state index in [-0.39, 0.29) is 6.04 Å². The molecule has 8 heteroatoms. The fraction of sp³-hybridized carbons (Fsp3) is 0.0800. The number of rotatable bonds is 4. The zero-order valence-corrected chi connectivity index (χ0v) is 18.3. The van der Waals surface area contributed by atoms with Gasteiger partial charge >= 0.3 is 0 Å². The molecule has 1 aromatic heterocycles. The summed E-state index contributed by atoms with van der Waals surface area (Å²) < 4.78 is 33.3. The van der Waals surface area contributed by atoms with Crippen LogP contribution in [0.15, 0.2) is 89.1 Å². The zero-order chi connectivity index (χ0) is 22.9. The van der Waals surface area contributed by atoms with Crippen LogP contribution < -0.4 is 10.2 Å². The van der Waals surface area contributed by atoms with E-state index >= 15 is 0 Å². The highest BCUT2D eigenvalue weighted by Crippen LogP contribution is 2.39. The predicted octanol–water partition coefficient (Wildman–Crippen LogP) is 5.88. The highest BCUT2D eigenvalue weighted by Gasteiger charge is 2.35. The number of benzene rings is 3. The molecule has 0 radical (unpaired) electrons. The van der Waals surface area contributed by atoms with Crippen molar-refractivity contribution < 1.29 is 13.3 Å². The molecule has 1 aliphatic heterocycles. The van der Waals surface area contributed by atoms with Crippen molar-refractivity contribution in [3.63, 3.8) is 0 Å². The second-order valence-corrected chi connectivity index (χ2v) is 7.90. The number of allylic oxidation sites excluding steroid dienone is 1. The minimum absolute atomic E-state index is 0.308. The third-order valence-corrected chi connectivity index (χ3v) is 5.77. The summed E-state index contributed by atoms with van der Waals surface area (Å²) in [5.41, 5.74) is 3.50. The van der Waals surface area contributed by atoms with Crippen molar-refractivity contribution in [2.45, 2.75) is 13.0 Å². The van der Waals surface area contributed by atoms with Crippen LogP contribution in [0.2, 0.25) is 0 Å². The van der Waals surface area contributed by atoms with Crippen LogP contribution in [0, 0.1) is 11.6 Å². The number of nitrogens with zero attached hydrogens (tertiary/aromatic N) is 3. The molecule has 1 unspecified atom stereocenters. The predicted molar refractivity (Wildman–Crippen MR) is 126 cm³/mol. The summed E-state index contributed by atoms with van der Waals surface area (Å²) in [5.74, 6) is -1.13. The second-order valence-electron chi connectivity index (χ2n) is 7.52. The van der Waals surface area contributed by atoms with Crippen molar-refractivity contribution in [3.05, 3.63) is 108 Å². The average Bonchev–Trinajstić information content (AvgIpc) is 3.32. The number of aromatic nitrogens is 2. The summed E-state index contributed by atoms with van der Waals surface area (Å²) >= 11 is 5.62. The second kappa shape index (κ2) is 8.55. The quantitative estimate of drug-likeness (QED) is 0.384. The molecule has 164 valence electrons. The van der Waals surface area contributed by atoms with E-state index in [1.54, 1.807) is 4.90 Å². The smallest absolute Gasteiger partial charge is 0.258 e. The Morgan fingerprint density at radius 3 is 2.33 bits per heavy atom. The van der Waals surface area contributed by atoms with Crippen LogP contribution in [0.4, 0.5) is 14.5 Å². The van der Waals surface area contributed by atoms with Gasteiger partial charge in [-0.1, -0.05) is 65.8 Å². The van der Waals surface area contributed by atoms with Crippen LogP contribution in [0.3, 0.4) is 0 Å². The van der Waals surface area contributed by atoms with Crippen molar-refractivity contribution in [2.75, 3.05) is 4.90 Å². The van der Waals surface area contributed by atoms with Gasteiger partial charge in [0, 0.05) is 17.3 Å². The summed E-state index contributed by atoms with van der Waals surface area (Å²) in [6, 6.07) is 22.5. The molecule has 0 spiro atoms. The molecule has 0 bridgehead atoms. The van der Waals surface area contributed by atoms with Crippen LogP contribution in [-0.4, -0.2) is 15.3 Å². The Balaban J connectivity index is 1.66. The zero-order valence-electron chi connectivity index (χ0n) is 17.5. The fourth-order valence-electron chi connectivity index (χ4n) is 3.89. The van der Waals surface area contributed by atoms with E-state index in [4.69, 9.17) is 16.7 Å². The van der Waals surface area contributed by atoms with Gasteiger partial charge in [0.15, 0.2) is 16.7 Å². The molecule has 2 heterocycles. The Labute approximate surface area is 194 Å². The van der Waals surface area contributed by atoms with Gasteiger partial charge in [-0.05, 0) is 36.8 Å². The third kappa shape index (κ3) is 3.89. The number of hydrogen-bond donors (Lipinski definition) is 1. The van der Waals surface area contributed by atoms with Crippen molar-refractivity contribution in [1.29, 1.82) is 0 Å². The maximum absolute atomic E-state index is 14.0. The van der Waals surface area contributed by atoms with Gasteiger partial charge in [-0.25, -0.2) is 8.78 Å². The van der Waals surface area contributed by atoms with Gasteiger partial charge in [0.05, 0.1) is 17.3 Å². The van der Waals surface area contributed by atoms with Gasteiger partial charge < -0.3 is 9.84 Å². The monoisotopic (exact) mass is 460 g/mol. The van der Waals surface area contributed by atoms with Gasteiger partial charge in [-0.15, -0.1) is 0 Å². The first-order valence-corrected chi connectivity index (χ1v) is 10.6. The van der Waals surface area contributed by atoms with Gasteiger partial charge in [-0.2, -0.15) is 4.98 Å². The molecule has 1 atom stereocenters. The molecular weight excluding hydrogens is 442 g/mol. The molecule has 0 fully saturated rings. The summed E-state index contributed by atoms with van der Waals surface area (Å²) in [5, 5.41) is 7.80. The molecule has 0 saturated heterocycles. The summed E-state index contributed by atoms with van der Waals surface area (Å²) in [7, 11) is 0. The molecule has 5 rings (SSSR count). The largest absolute Gasteiger partial charge is 0.351 e. The highest BCUT2D eigenvalue weighted by molar-refractivity contribution is 7.80. The molecule has 0 saturated carbocycles. The van der Waals surface area contributed by atoms with Crippen molar-refractivity contribution >= 4 is 28.6 Å². The fourth-order valence-corrected chi connectivity index (χ4v) is 4.25. The molecule has 1 N–H and O–H groups in total. The first-order valence-electron chi connectivity index (χ1n) is 10.2. The molecule has 1 aliphatic rings. The lowest BCUT2D eigenvalue weighted by atomic mass is 9.94. The Kier molecular flexibility index (Phi) is 5.43. The Morgan fingerprint density at radius 1 is 0.939 bits per heavy atom. The van der Waals surface area contributed by atoms with Crippen LogP contribution in [0.1, 0.15) is 24.4 Å². The van der Waals surface area contributed by atoms with Crippen molar-refractivity contribution in [2.24, 2.45) is 0 Å². The van der Waals surface area contributed by atoms with E-state index in [2.05, 4.69) is 15.5 Å². The molecule has 33 heavy (non-hydrogen) atoms. The van der Waals surface area contributed by atoms with Gasteiger partial charge in [-0.3, -0.25) is 4.90 Å². The molecule has 0 amide bonds. The Bertz CT molecular complexity index is 1360. The van der Waals surface area contributed by atoms with E-state index in [0.29, 0.717) is 33.8 Å². The van der Waals surface area contributed by atoms with E-state index < -0.39 is 11.6 Å². The van der Waals surface area contributed by atoms with Crippen molar-refractivity contribution in [1.82, 2.24) is 15.5 Å². The van der Waals surface area contributed by atoms with Gasteiger partial charge in [0.1, 0.15) is 0 Å². The number of hydrogen-bond acceptors (Lipinski definition) is 4.